The zero-order chi connectivity index (χ0) is 12.9. The maximum absolute atomic E-state index is 5.43. The van der Waals surface area contributed by atoms with Gasteiger partial charge in [0.25, 0.3) is 0 Å². The zero-order valence-electron chi connectivity index (χ0n) is 10.6. The lowest BCUT2D eigenvalue weighted by atomic mass is 10.2. The molecule has 3 aromatic rings. The molecular formula is C13H14N4S. The molecule has 0 spiro atoms. The molecule has 3 rings (SSSR count). The maximum Gasteiger partial charge on any atom is 0.182 e. The minimum absolute atomic E-state index is 0.704. The summed E-state index contributed by atoms with van der Waals surface area (Å²) in [5.74, 6) is 0. The van der Waals surface area contributed by atoms with E-state index >= 15 is 0 Å². The molecule has 2 heterocycles. The molecule has 0 saturated heterocycles. The van der Waals surface area contributed by atoms with Crippen LogP contribution in [0, 0.1) is 18.6 Å². The van der Waals surface area contributed by atoms with Gasteiger partial charge in [-0.2, -0.15) is 5.10 Å². The molecule has 0 unspecified atom stereocenters. The van der Waals surface area contributed by atoms with Crippen LogP contribution in [0.5, 0.6) is 0 Å². The average molecular weight is 258 g/mol. The van der Waals surface area contributed by atoms with Crippen LogP contribution in [0.2, 0.25) is 0 Å². The Bertz CT molecular complexity index is 791. The second-order valence-corrected chi connectivity index (χ2v) is 4.90. The average Bonchev–Trinajstić information content (AvgIpc) is 2.79. The molecule has 92 valence electrons. The number of hydrogen-bond acceptors (Lipinski definition) is 2. The number of fused-ring (bicyclic) bond motifs is 1. The van der Waals surface area contributed by atoms with Crippen LogP contribution in [0.15, 0.2) is 24.4 Å². The number of para-hydroxylation sites is 1. The van der Waals surface area contributed by atoms with Gasteiger partial charge in [-0.1, -0.05) is 12.1 Å². The van der Waals surface area contributed by atoms with Crippen LogP contribution in [0.3, 0.4) is 0 Å². The van der Waals surface area contributed by atoms with Crippen LogP contribution in [0.1, 0.15) is 11.3 Å². The fourth-order valence-corrected chi connectivity index (χ4v) is 2.67. The van der Waals surface area contributed by atoms with Gasteiger partial charge in [0, 0.05) is 13.2 Å². The number of benzene rings is 1. The van der Waals surface area contributed by atoms with E-state index in [1.807, 2.05) is 37.0 Å². The highest BCUT2D eigenvalue weighted by molar-refractivity contribution is 7.71. The van der Waals surface area contributed by atoms with Crippen LogP contribution >= 0.6 is 12.2 Å². The number of rotatable bonds is 1. The highest BCUT2D eigenvalue weighted by Crippen LogP contribution is 2.23. The smallest absolute Gasteiger partial charge is 0.182 e. The quantitative estimate of drug-likeness (QED) is 0.681. The highest BCUT2D eigenvalue weighted by Gasteiger charge is 2.12. The monoisotopic (exact) mass is 258 g/mol. The molecule has 0 bridgehead atoms. The predicted octanol–water partition coefficient (Wildman–Crippen LogP) is 3.04. The van der Waals surface area contributed by atoms with Crippen LogP contribution in [0.25, 0.3) is 16.7 Å². The molecule has 0 amide bonds. The van der Waals surface area contributed by atoms with Crippen molar-refractivity contribution in [3.63, 3.8) is 0 Å². The number of nitrogens with zero attached hydrogens (tertiary/aromatic N) is 3. The van der Waals surface area contributed by atoms with E-state index in [9.17, 15) is 0 Å². The Balaban J connectivity index is 2.46. The van der Waals surface area contributed by atoms with Crippen LogP contribution in [-0.4, -0.2) is 19.3 Å². The third kappa shape index (κ3) is 1.51. The van der Waals surface area contributed by atoms with E-state index < -0.39 is 0 Å². The summed E-state index contributed by atoms with van der Waals surface area (Å²) in [4.78, 5) is 3.24. The molecular weight excluding hydrogens is 244 g/mol. The van der Waals surface area contributed by atoms with Crippen molar-refractivity contribution in [1.82, 2.24) is 19.3 Å². The fraction of sp³-hybridized carbons (Fsp3) is 0.231. The van der Waals surface area contributed by atoms with Crippen molar-refractivity contribution in [3.05, 3.63) is 40.4 Å². The van der Waals surface area contributed by atoms with Crippen LogP contribution in [0.4, 0.5) is 0 Å². The van der Waals surface area contributed by atoms with Crippen molar-refractivity contribution in [3.8, 4) is 5.69 Å². The van der Waals surface area contributed by atoms with Crippen molar-refractivity contribution >= 4 is 23.3 Å². The Kier molecular flexibility index (Phi) is 2.38. The lowest BCUT2D eigenvalue weighted by Crippen LogP contribution is -1.96. The maximum atomic E-state index is 5.43. The molecule has 1 aromatic carbocycles. The van der Waals surface area contributed by atoms with Crippen LogP contribution < -0.4 is 0 Å². The molecule has 1 N–H and O–H groups in total. The van der Waals surface area contributed by atoms with Crippen LogP contribution in [-0.2, 0) is 7.05 Å². The number of H-pyrrole nitrogens is 1. The first kappa shape index (κ1) is 11.2. The summed E-state index contributed by atoms with van der Waals surface area (Å²) in [6.45, 7) is 4.08. The molecule has 18 heavy (non-hydrogen) atoms. The summed E-state index contributed by atoms with van der Waals surface area (Å²) >= 11 is 5.43. The predicted molar refractivity (Wildman–Crippen MR) is 74.7 cm³/mol. The number of hydrogen-bond donors (Lipinski definition) is 1. The van der Waals surface area contributed by atoms with E-state index in [0.29, 0.717) is 4.77 Å². The number of imidazole rings is 1. The fourth-order valence-electron chi connectivity index (χ4n) is 2.37. The molecule has 0 saturated carbocycles. The Morgan fingerprint density at radius 1 is 1.28 bits per heavy atom. The normalized spacial score (nSPS) is 11.3. The summed E-state index contributed by atoms with van der Waals surface area (Å²) < 4.78 is 4.57. The number of nitrogens with one attached hydrogen (secondary N) is 1. The van der Waals surface area contributed by atoms with Crippen molar-refractivity contribution in [2.45, 2.75) is 13.8 Å². The Hall–Kier alpha value is -1.88. The van der Waals surface area contributed by atoms with Gasteiger partial charge < -0.3 is 4.98 Å². The summed E-state index contributed by atoms with van der Waals surface area (Å²) in [5, 5.41) is 4.38. The molecule has 0 atom stereocenters. The van der Waals surface area contributed by atoms with Crippen molar-refractivity contribution in [1.29, 1.82) is 0 Å². The van der Waals surface area contributed by atoms with Gasteiger partial charge in [-0.3, -0.25) is 9.25 Å². The molecule has 0 aliphatic heterocycles. The number of aryl methyl sites for hydroxylation is 3. The lowest BCUT2D eigenvalue weighted by molar-refractivity contribution is 0.756. The molecule has 5 heteroatoms. The van der Waals surface area contributed by atoms with E-state index in [4.69, 9.17) is 12.2 Å². The second-order valence-electron chi connectivity index (χ2n) is 4.51. The summed E-state index contributed by atoms with van der Waals surface area (Å²) in [5.41, 5.74) is 5.38. The van der Waals surface area contributed by atoms with Gasteiger partial charge >= 0.3 is 0 Å². The highest BCUT2D eigenvalue weighted by atomic mass is 32.1. The van der Waals surface area contributed by atoms with Gasteiger partial charge in [-0.25, -0.2) is 0 Å². The van der Waals surface area contributed by atoms with Gasteiger partial charge in [0.2, 0.25) is 0 Å². The van der Waals surface area contributed by atoms with E-state index in [0.717, 1.165) is 22.4 Å². The minimum Gasteiger partial charge on any atom is -0.330 e. The third-order valence-corrected chi connectivity index (χ3v) is 3.42. The van der Waals surface area contributed by atoms with E-state index in [1.54, 1.807) is 0 Å². The first-order valence-electron chi connectivity index (χ1n) is 5.79. The standard InChI is InChI=1S/C13H14N4S/c1-8-5-4-6-10-12(8)17(13(18)14-10)11-7-16(3)15-9(11)2/h4-7H,1-3H3,(H,14,18). The van der Waals surface area contributed by atoms with E-state index in [1.165, 1.54) is 5.56 Å². The molecule has 0 aliphatic carbocycles. The van der Waals surface area contributed by atoms with E-state index in [-0.39, 0.29) is 0 Å². The number of aromatic amines is 1. The van der Waals surface area contributed by atoms with Gasteiger partial charge in [-0.15, -0.1) is 0 Å². The Morgan fingerprint density at radius 2 is 2.06 bits per heavy atom. The Morgan fingerprint density at radius 3 is 2.72 bits per heavy atom. The van der Waals surface area contributed by atoms with Crippen molar-refractivity contribution in [2.75, 3.05) is 0 Å². The van der Waals surface area contributed by atoms with Crippen molar-refractivity contribution < 1.29 is 0 Å². The first-order chi connectivity index (χ1) is 8.58. The Labute approximate surface area is 110 Å². The SMILES string of the molecule is Cc1nn(C)cc1-n1c(=S)[nH]c2cccc(C)c21. The van der Waals surface area contributed by atoms with Gasteiger partial charge in [-0.05, 0) is 37.7 Å². The third-order valence-electron chi connectivity index (χ3n) is 3.13. The molecule has 2 aromatic heterocycles. The largest absolute Gasteiger partial charge is 0.330 e. The topological polar surface area (TPSA) is 38.5 Å². The lowest BCUT2D eigenvalue weighted by Gasteiger charge is -2.04. The van der Waals surface area contributed by atoms with Gasteiger partial charge in [0.1, 0.15) is 0 Å². The second kappa shape index (κ2) is 3.81. The van der Waals surface area contributed by atoms with Gasteiger partial charge in [0.05, 0.1) is 22.4 Å². The number of aromatic nitrogens is 4. The van der Waals surface area contributed by atoms with E-state index in [2.05, 4.69) is 27.6 Å². The molecule has 0 fully saturated rings. The minimum atomic E-state index is 0.704. The van der Waals surface area contributed by atoms with Gasteiger partial charge in [0.15, 0.2) is 4.77 Å². The van der Waals surface area contributed by atoms with Crippen molar-refractivity contribution in [2.24, 2.45) is 7.05 Å². The molecule has 4 nitrogen and oxygen atoms in total. The molecule has 0 radical (unpaired) electrons. The molecule has 0 aliphatic rings. The zero-order valence-corrected chi connectivity index (χ0v) is 11.4. The first-order valence-corrected chi connectivity index (χ1v) is 6.19. The summed E-state index contributed by atoms with van der Waals surface area (Å²) in [7, 11) is 1.92. The summed E-state index contributed by atoms with van der Waals surface area (Å²) in [6, 6.07) is 6.16. The summed E-state index contributed by atoms with van der Waals surface area (Å²) in [6.07, 6.45) is 1.99.